The monoisotopic (exact) mass is 422 g/mol. The predicted molar refractivity (Wildman–Crippen MR) is 121 cm³/mol. The number of hydrogen-bond donors (Lipinski definition) is 1. The average molecular weight is 423 g/mol. The Kier molecular flexibility index (Phi) is 7.10. The van der Waals surface area contributed by atoms with Gasteiger partial charge in [-0.3, -0.25) is 14.4 Å². The minimum absolute atomic E-state index is 0.0897. The fourth-order valence-corrected chi connectivity index (χ4v) is 4.04. The molecule has 0 aromatic heterocycles. The van der Waals surface area contributed by atoms with Gasteiger partial charge in [-0.2, -0.15) is 0 Å². The Bertz CT molecular complexity index is 977. The van der Waals surface area contributed by atoms with Crippen molar-refractivity contribution in [1.82, 2.24) is 0 Å². The number of carbonyl (C=O) groups is 3. The molecule has 2 amide bonds. The van der Waals surface area contributed by atoms with Crippen LogP contribution in [0.25, 0.3) is 0 Å². The van der Waals surface area contributed by atoms with Gasteiger partial charge in [0.2, 0.25) is 5.91 Å². The first kappa shape index (κ1) is 22.5. The molecule has 1 saturated heterocycles. The summed E-state index contributed by atoms with van der Waals surface area (Å²) in [4.78, 5) is 39.1. The molecule has 1 aliphatic heterocycles. The second-order valence-corrected chi connectivity index (χ2v) is 8.01. The van der Waals surface area contributed by atoms with Crippen LogP contribution in [0.4, 0.5) is 11.4 Å². The van der Waals surface area contributed by atoms with Crippen molar-refractivity contribution < 1.29 is 19.1 Å². The van der Waals surface area contributed by atoms with Crippen molar-refractivity contribution in [3.63, 3.8) is 0 Å². The molecule has 164 valence electrons. The molecule has 1 heterocycles. The number of carbonyl (C=O) groups excluding carboxylic acids is 3. The van der Waals surface area contributed by atoms with Gasteiger partial charge in [-0.15, -0.1) is 0 Å². The van der Waals surface area contributed by atoms with Crippen LogP contribution in [0.3, 0.4) is 0 Å². The number of rotatable bonds is 7. The van der Waals surface area contributed by atoms with Gasteiger partial charge in [0.25, 0.3) is 5.91 Å². The van der Waals surface area contributed by atoms with Crippen molar-refractivity contribution >= 4 is 29.2 Å². The first-order chi connectivity index (χ1) is 14.8. The molecule has 6 nitrogen and oxygen atoms in total. The zero-order chi connectivity index (χ0) is 22.5. The van der Waals surface area contributed by atoms with E-state index in [9.17, 15) is 14.4 Å². The van der Waals surface area contributed by atoms with E-state index in [4.69, 9.17) is 4.74 Å². The summed E-state index contributed by atoms with van der Waals surface area (Å²) >= 11 is 0. The minimum Gasteiger partial charge on any atom is -0.455 e. The van der Waals surface area contributed by atoms with E-state index in [1.54, 1.807) is 4.90 Å². The Morgan fingerprint density at radius 1 is 1.10 bits per heavy atom. The van der Waals surface area contributed by atoms with Crippen LogP contribution in [0.5, 0.6) is 0 Å². The Morgan fingerprint density at radius 2 is 1.77 bits per heavy atom. The number of anilines is 2. The highest BCUT2D eigenvalue weighted by Gasteiger charge is 2.36. The summed E-state index contributed by atoms with van der Waals surface area (Å²) in [6, 6.07) is 11.8. The van der Waals surface area contributed by atoms with E-state index >= 15 is 0 Å². The van der Waals surface area contributed by atoms with E-state index in [0.717, 1.165) is 46.5 Å². The third kappa shape index (κ3) is 5.13. The summed E-state index contributed by atoms with van der Waals surface area (Å²) in [6.45, 7) is 7.91. The van der Waals surface area contributed by atoms with Crippen LogP contribution in [0.15, 0.2) is 36.4 Å². The maximum atomic E-state index is 12.5. The average Bonchev–Trinajstić information content (AvgIpc) is 3.13. The van der Waals surface area contributed by atoms with Crippen molar-refractivity contribution in [2.75, 3.05) is 23.4 Å². The van der Waals surface area contributed by atoms with Gasteiger partial charge in [0.1, 0.15) is 0 Å². The van der Waals surface area contributed by atoms with Gasteiger partial charge in [0, 0.05) is 24.3 Å². The van der Waals surface area contributed by atoms with Crippen LogP contribution < -0.4 is 10.2 Å². The molecule has 2 aromatic rings. The number of aryl methyl sites for hydroxylation is 4. The van der Waals surface area contributed by atoms with E-state index in [1.807, 2.05) is 64.1 Å². The fourth-order valence-electron chi connectivity index (χ4n) is 4.04. The summed E-state index contributed by atoms with van der Waals surface area (Å²) in [5, 5.41) is 2.89. The molecule has 1 atom stereocenters. The van der Waals surface area contributed by atoms with Gasteiger partial charge in [-0.25, -0.2) is 0 Å². The summed E-state index contributed by atoms with van der Waals surface area (Å²) < 4.78 is 5.26. The van der Waals surface area contributed by atoms with E-state index in [2.05, 4.69) is 5.32 Å². The molecular weight excluding hydrogens is 392 g/mol. The van der Waals surface area contributed by atoms with Gasteiger partial charge in [-0.1, -0.05) is 49.7 Å². The second kappa shape index (κ2) is 9.77. The smallest absolute Gasteiger partial charge is 0.311 e. The molecule has 1 aliphatic rings. The van der Waals surface area contributed by atoms with Crippen LogP contribution in [-0.2, 0) is 32.0 Å². The standard InChI is InChI=1S/C25H30N2O4/c1-5-18-8-7-9-19(6-2)24(18)26-22(28)15-31-25(30)20-13-23(29)27(14-20)21-11-10-16(3)12-17(21)4/h7-12,20H,5-6,13-15H2,1-4H3,(H,26,28)/t20-/m1/s1. The molecule has 31 heavy (non-hydrogen) atoms. The zero-order valence-electron chi connectivity index (χ0n) is 18.7. The van der Waals surface area contributed by atoms with Gasteiger partial charge in [0.15, 0.2) is 6.61 Å². The van der Waals surface area contributed by atoms with Crippen LogP contribution in [0.1, 0.15) is 42.5 Å². The highest BCUT2D eigenvalue weighted by atomic mass is 16.5. The van der Waals surface area contributed by atoms with Crippen molar-refractivity contribution in [2.45, 2.75) is 47.0 Å². The van der Waals surface area contributed by atoms with Gasteiger partial charge < -0.3 is 15.0 Å². The number of nitrogens with zero attached hydrogens (tertiary/aromatic N) is 1. The molecule has 1 fully saturated rings. The predicted octanol–water partition coefficient (Wildman–Crippen LogP) is 3.96. The molecular formula is C25H30N2O4. The lowest BCUT2D eigenvalue weighted by atomic mass is 10.0. The zero-order valence-corrected chi connectivity index (χ0v) is 18.7. The number of benzene rings is 2. The van der Waals surface area contributed by atoms with E-state index in [0.29, 0.717) is 0 Å². The van der Waals surface area contributed by atoms with E-state index in [1.165, 1.54) is 0 Å². The minimum atomic E-state index is -0.574. The number of esters is 1. The molecule has 0 unspecified atom stereocenters. The molecule has 2 aromatic carbocycles. The Balaban J connectivity index is 1.59. The third-order valence-corrected chi connectivity index (χ3v) is 5.71. The Hall–Kier alpha value is -3.15. The number of amides is 2. The Morgan fingerprint density at radius 3 is 2.39 bits per heavy atom. The summed E-state index contributed by atoms with van der Waals surface area (Å²) in [6.07, 6.45) is 1.68. The van der Waals surface area contributed by atoms with Crippen molar-refractivity contribution in [1.29, 1.82) is 0 Å². The molecule has 3 rings (SSSR count). The molecule has 0 aliphatic carbocycles. The first-order valence-electron chi connectivity index (χ1n) is 10.8. The number of ether oxygens (including phenoxy) is 1. The van der Waals surface area contributed by atoms with Gasteiger partial charge in [-0.05, 0) is 49.4 Å². The van der Waals surface area contributed by atoms with Crippen molar-refractivity contribution in [2.24, 2.45) is 5.92 Å². The number of para-hydroxylation sites is 1. The van der Waals surface area contributed by atoms with E-state index < -0.39 is 11.9 Å². The topological polar surface area (TPSA) is 75.7 Å². The largest absolute Gasteiger partial charge is 0.455 e. The quantitative estimate of drug-likeness (QED) is 0.685. The van der Waals surface area contributed by atoms with Crippen LogP contribution in [0, 0.1) is 19.8 Å². The van der Waals surface area contributed by atoms with E-state index in [-0.39, 0.29) is 31.4 Å². The normalized spacial score (nSPS) is 15.8. The fraction of sp³-hybridized carbons (Fsp3) is 0.400. The molecule has 6 heteroatoms. The lowest BCUT2D eigenvalue weighted by Crippen LogP contribution is -2.28. The third-order valence-electron chi connectivity index (χ3n) is 5.71. The van der Waals surface area contributed by atoms with Crippen molar-refractivity contribution in [3.05, 3.63) is 58.7 Å². The lowest BCUT2D eigenvalue weighted by molar-refractivity contribution is -0.151. The molecule has 0 bridgehead atoms. The first-order valence-corrected chi connectivity index (χ1v) is 10.8. The number of nitrogens with one attached hydrogen (secondary N) is 1. The maximum absolute atomic E-state index is 12.5. The van der Waals surface area contributed by atoms with Crippen LogP contribution >= 0.6 is 0 Å². The lowest BCUT2D eigenvalue weighted by Gasteiger charge is -2.19. The molecule has 0 saturated carbocycles. The van der Waals surface area contributed by atoms with Crippen LogP contribution in [-0.4, -0.2) is 30.9 Å². The number of hydrogen-bond acceptors (Lipinski definition) is 4. The molecule has 0 spiro atoms. The Labute approximate surface area is 183 Å². The van der Waals surface area contributed by atoms with Gasteiger partial charge >= 0.3 is 5.97 Å². The SMILES string of the molecule is CCc1cccc(CC)c1NC(=O)COC(=O)[C@@H]1CC(=O)N(c2ccc(C)cc2C)C1. The van der Waals surface area contributed by atoms with Gasteiger partial charge in [0.05, 0.1) is 5.92 Å². The van der Waals surface area contributed by atoms with Crippen molar-refractivity contribution in [3.8, 4) is 0 Å². The van der Waals surface area contributed by atoms with Crippen LogP contribution in [0.2, 0.25) is 0 Å². The molecule has 1 N–H and O–H groups in total. The highest BCUT2D eigenvalue weighted by molar-refractivity contribution is 6.00. The maximum Gasteiger partial charge on any atom is 0.311 e. The highest BCUT2D eigenvalue weighted by Crippen LogP contribution is 2.29. The second-order valence-electron chi connectivity index (χ2n) is 8.01. The summed E-state index contributed by atoms with van der Waals surface area (Å²) in [5.74, 6) is -1.58. The summed E-state index contributed by atoms with van der Waals surface area (Å²) in [5.41, 5.74) is 5.81. The summed E-state index contributed by atoms with van der Waals surface area (Å²) in [7, 11) is 0. The molecule has 0 radical (unpaired) electrons.